The van der Waals surface area contributed by atoms with Gasteiger partial charge in [0.25, 0.3) is 5.91 Å². The Morgan fingerprint density at radius 1 is 1.07 bits per heavy atom. The van der Waals surface area contributed by atoms with Crippen molar-refractivity contribution in [3.8, 4) is 0 Å². The molecule has 1 N–H and O–H groups in total. The normalized spacial score (nSPS) is 13.2. The van der Waals surface area contributed by atoms with Crippen molar-refractivity contribution in [1.82, 2.24) is 0 Å². The minimum absolute atomic E-state index is 0.0684. The Morgan fingerprint density at radius 3 is 2.45 bits per heavy atom. The van der Waals surface area contributed by atoms with Crippen molar-refractivity contribution in [2.45, 2.75) is 51.3 Å². The molecule has 2 aromatic carbocycles. The van der Waals surface area contributed by atoms with Crippen LogP contribution in [0.2, 0.25) is 5.02 Å². The van der Waals surface area contributed by atoms with Gasteiger partial charge in [0.1, 0.15) is 11.6 Å². The van der Waals surface area contributed by atoms with Crippen molar-refractivity contribution >= 4 is 35.0 Å². The summed E-state index contributed by atoms with van der Waals surface area (Å²) in [4.78, 5) is 13.0. The molecule has 0 saturated carbocycles. The van der Waals surface area contributed by atoms with Crippen LogP contribution in [0.5, 0.6) is 0 Å². The third-order valence-electron chi connectivity index (χ3n) is 5.19. The van der Waals surface area contributed by atoms with E-state index < -0.39 is 11.7 Å². The number of hydrogen-bond donors (Lipinski definition) is 1. The number of anilines is 1. The lowest BCUT2D eigenvalue weighted by Gasteiger charge is -2.17. The van der Waals surface area contributed by atoms with Crippen LogP contribution in [0.25, 0.3) is 0 Å². The molecule has 0 heterocycles. The zero-order chi connectivity index (χ0) is 21.4. The molecule has 2 aromatic rings. The highest BCUT2D eigenvalue weighted by molar-refractivity contribution is 7.99. The number of hydrogen-bond acceptors (Lipinski definition) is 2. The standard InChI is InChI=1S/C23H28ClF2NOS/c1-4-15(3)6-7-16(5-2)14-29-22-12-17(8-10-21(22)26)23(28)27-18-9-11-20(25)19(24)13-18/h8-13,15-16H,4-7,14H2,1-3H3,(H,27,28). The lowest BCUT2D eigenvalue weighted by atomic mass is 9.95. The van der Waals surface area contributed by atoms with Crippen LogP contribution in [0.15, 0.2) is 41.3 Å². The molecule has 2 atom stereocenters. The summed E-state index contributed by atoms with van der Waals surface area (Å²) < 4.78 is 27.5. The van der Waals surface area contributed by atoms with Crippen molar-refractivity contribution in [2.75, 3.05) is 11.1 Å². The van der Waals surface area contributed by atoms with Crippen molar-refractivity contribution in [1.29, 1.82) is 0 Å². The van der Waals surface area contributed by atoms with Gasteiger partial charge in [0, 0.05) is 21.9 Å². The number of benzene rings is 2. The first-order valence-electron chi connectivity index (χ1n) is 10.0. The molecule has 0 fully saturated rings. The second kappa shape index (κ2) is 11.6. The molecule has 158 valence electrons. The molecule has 0 bridgehead atoms. The van der Waals surface area contributed by atoms with Gasteiger partial charge in [-0.15, -0.1) is 11.8 Å². The minimum atomic E-state index is -0.552. The highest BCUT2D eigenvalue weighted by Gasteiger charge is 2.14. The molecule has 2 rings (SSSR count). The summed E-state index contributed by atoms with van der Waals surface area (Å²) in [6.07, 6.45) is 4.54. The molecule has 0 spiro atoms. The molecule has 29 heavy (non-hydrogen) atoms. The Balaban J connectivity index is 2.02. The van der Waals surface area contributed by atoms with Gasteiger partial charge in [-0.25, -0.2) is 8.78 Å². The summed E-state index contributed by atoms with van der Waals surface area (Å²) in [5, 5.41) is 2.60. The first-order valence-corrected chi connectivity index (χ1v) is 11.4. The van der Waals surface area contributed by atoms with E-state index >= 15 is 0 Å². The van der Waals surface area contributed by atoms with Gasteiger partial charge in [-0.3, -0.25) is 4.79 Å². The molecule has 1 amide bonds. The maximum Gasteiger partial charge on any atom is 0.255 e. The van der Waals surface area contributed by atoms with E-state index in [9.17, 15) is 13.6 Å². The molecule has 2 nitrogen and oxygen atoms in total. The van der Waals surface area contributed by atoms with Gasteiger partial charge in [-0.2, -0.15) is 0 Å². The summed E-state index contributed by atoms with van der Waals surface area (Å²) in [5.41, 5.74) is 0.734. The monoisotopic (exact) mass is 439 g/mol. The van der Waals surface area contributed by atoms with Crippen LogP contribution in [0.3, 0.4) is 0 Å². The minimum Gasteiger partial charge on any atom is -0.322 e. The van der Waals surface area contributed by atoms with Crippen molar-refractivity contribution < 1.29 is 13.6 Å². The van der Waals surface area contributed by atoms with Gasteiger partial charge in [0.15, 0.2) is 0 Å². The number of halogens is 3. The van der Waals surface area contributed by atoms with Crippen molar-refractivity contribution in [2.24, 2.45) is 11.8 Å². The Hall–Kier alpha value is -1.59. The van der Waals surface area contributed by atoms with E-state index in [0.29, 0.717) is 28.0 Å². The second-order valence-corrected chi connectivity index (χ2v) is 8.87. The van der Waals surface area contributed by atoms with Crippen LogP contribution in [0.1, 0.15) is 56.8 Å². The summed E-state index contributed by atoms with van der Waals surface area (Å²) in [6.45, 7) is 6.62. The number of carbonyl (C=O) groups excluding carboxylic acids is 1. The maximum absolute atomic E-state index is 14.3. The predicted octanol–water partition coefficient (Wildman–Crippen LogP) is 7.82. The SMILES string of the molecule is CCC(C)CCC(CC)CSc1cc(C(=O)Nc2ccc(F)c(Cl)c2)ccc1F. The summed E-state index contributed by atoms with van der Waals surface area (Å²) in [6, 6.07) is 8.30. The molecule has 0 radical (unpaired) electrons. The highest BCUT2D eigenvalue weighted by atomic mass is 35.5. The van der Waals surface area contributed by atoms with Gasteiger partial charge in [-0.05, 0) is 54.7 Å². The van der Waals surface area contributed by atoms with Crippen LogP contribution in [0, 0.1) is 23.5 Å². The van der Waals surface area contributed by atoms with E-state index in [1.165, 1.54) is 54.9 Å². The molecule has 0 saturated heterocycles. The molecule has 0 aliphatic carbocycles. The third kappa shape index (κ3) is 7.31. The average molecular weight is 440 g/mol. The van der Waals surface area contributed by atoms with Crippen LogP contribution >= 0.6 is 23.4 Å². The molecular formula is C23H28ClF2NOS. The molecule has 0 aromatic heterocycles. The van der Waals surface area contributed by atoms with E-state index in [1.807, 2.05) is 0 Å². The van der Waals surface area contributed by atoms with Crippen LogP contribution in [-0.2, 0) is 0 Å². The summed E-state index contributed by atoms with van der Waals surface area (Å²) in [7, 11) is 0. The van der Waals surface area contributed by atoms with E-state index in [2.05, 4.69) is 26.1 Å². The lowest BCUT2D eigenvalue weighted by Crippen LogP contribution is -2.12. The molecule has 0 aliphatic rings. The van der Waals surface area contributed by atoms with Crippen LogP contribution in [-0.4, -0.2) is 11.7 Å². The number of carbonyl (C=O) groups is 1. The quantitative estimate of drug-likeness (QED) is 0.382. The largest absolute Gasteiger partial charge is 0.322 e. The maximum atomic E-state index is 14.3. The lowest BCUT2D eigenvalue weighted by molar-refractivity contribution is 0.102. The highest BCUT2D eigenvalue weighted by Crippen LogP contribution is 2.29. The van der Waals surface area contributed by atoms with Crippen molar-refractivity contribution in [3.05, 3.63) is 58.6 Å². The predicted molar refractivity (Wildman–Crippen MR) is 119 cm³/mol. The summed E-state index contributed by atoms with van der Waals surface area (Å²) in [5.74, 6) is 0.781. The number of nitrogens with one attached hydrogen (secondary N) is 1. The fraction of sp³-hybridized carbons (Fsp3) is 0.435. The van der Waals surface area contributed by atoms with Gasteiger partial charge >= 0.3 is 0 Å². The van der Waals surface area contributed by atoms with Gasteiger partial charge in [-0.1, -0.05) is 51.6 Å². The molecule has 0 aliphatic heterocycles. The van der Waals surface area contributed by atoms with Gasteiger partial charge in [0.05, 0.1) is 5.02 Å². The topological polar surface area (TPSA) is 29.1 Å². The smallest absolute Gasteiger partial charge is 0.255 e. The Labute approximate surface area is 181 Å². The van der Waals surface area contributed by atoms with E-state index in [1.54, 1.807) is 6.07 Å². The number of amides is 1. The zero-order valence-electron chi connectivity index (χ0n) is 17.1. The molecule has 2 unspecified atom stereocenters. The first-order chi connectivity index (χ1) is 13.8. The van der Waals surface area contributed by atoms with E-state index in [-0.39, 0.29) is 10.8 Å². The second-order valence-electron chi connectivity index (χ2n) is 7.40. The molecule has 6 heteroatoms. The zero-order valence-corrected chi connectivity index (χ0v) is 18.7. The van der Waals surface area contributed by atoms with Crippen molar-refractivity contribution in [3.63, 3.8) is 0 Å². The fourth-order valence-electron chi connectivity index (χ4n) is 2.87. The number of thioether (sulfide) groups is 1. The Morgan fingerprint density at radius 2 is 1.79 bits per heavy atom. The first kappa shape index (κ1) is 23.7. The van der Waals surface area contributed by atoms with Crippen LogP contribution in [0.4, 0.5) is 14.5 Å². The van der Waals surface area contributed by atoms with Gasteiger partial charge in [0.2, 0.25) is 0 Å². The van der Waals surface area contributed by atoms with Crippen LogP contribution < -0.4 is 5.32 Å². The summed E-state index contributed by atoms with van der Waals surface area (Å²) >= 11 is 7.20. The molecular weight excluding hydrogens is 412 g/mol. The Bertz CT molecular complexity index is 831. The average Bonchev–Trinajstić information content (AvgIpc) is 2.71. The third-order valence-corrected chi connectivity index (χ3v) is 6.74. The Kier molecular flexibility index (Phi) is 9.44. The van der Waals surface area contributed by atoms with Gasteiger partial charge < -0.3 is 5.32 Å². The van der Waals surface area contributed by atoms with E-state index in [4.69, 9.17) is 11.6 Å². The fourth-order valence-corrected chi connectivity index (χ4v) is 4.28. The number of rotatable bonds is 10. The van der Waals surface area contributed by atoms with E-state index in [0.717, 1.165) is 18.6 Å².